The van der Waals surface area contributed by atoms with Gasteiger partial charge in [0.05, 0.1) is 12.7 Å². The highest BCUT2D eigenvalue weighted by atomic mass is 16.5. The molecular formula is C23H23N3O3. The summed E-state index contributed by atoms with van der Waals surface area (Å²) in [6.07, 6.45) is 1.58. The molecule has 0 unspecified atom stereocenters. The second kappa shape index (κ2) is 9.01. The highest BCUT2D eigenvalue weighted by molar-refractivity contribution is 6.04. The maximum Gasteiger partial charge on any atom is 0.337 e. The minimum absolute atomic E-state index is 0.264. The molecule has 29 heavy (non-hydrogen) atoms. The molecule has 0 aliphatic rings. The van der Waals surface area contributed by atoms with Gasteiger partial charge in [0.15, 0.2) is 0 Å². The maximum atomic E-state index is 12.6. The molecule has 0 bridgehead atoms. The molecular weight excluding hydrogens is 366 g/mol. The zero-order valence-electron chi connectivity index (χ0n) is 16.6. The van der Waals surface area contributed by atoms with Crippen molar-refractivity contribution in [1.29, 1.82) is 0 Å². The van der Waals surface area contributed by atoms with E-state index in [9.17, 15) is 9.59 Å². The Bertz CT molecular complexity index is 1030. The number of amides is 1. The Balaban J connectivity index is 1.78. The number of methoxy groups -OCH3 is 1. The van der Waals surface area contributed by atoms with E-state index in [1.807, 2.05) is 24.3 Å². The number of hydrogen-bond donors (Lipinski definition) is 2. The molecule has 0 spiro atoms. The molecule has 1 amide bonds. The fourth-order valence-electron chi connectivity index (χ4n) is 2.94. The summed E-state index contributed by atoms with van der Waals surface area (Å²) < 4.78 is 4.71. The van der Waals surface area contributed by atoms with Gasteiger partial charge in [0.1, 0.15) is 5.69 Å². The molecule has 0 aliphatic heterocycles. The first-order valence-corrected chi connectivity index (χ1v) is 9.29. The van der Waals surface area contributed by atoms with Crippen LogP contribution in [0.15, 0.2) is 66.9 Å². The van der Waals surface area contributed by atoms with Crippen molar-refractivity contribution in [2.45, 2.75) is 19.8 Å². The van der Waals surface area contributed by atoms with Gasteiger partial charge in [-0.15, -0.1) is 0 Å². The van der Waals surface area contributed by atoms with Crippen LogP contribution in [0.25, 0.3) is 0 Å². The van der Waals surface area contributed by atoms with Crippen molar-refractivity contribution in [3.63, 3.8) is 0 Å². The van der Waals surface area contributed by atoms with E-state index < -0.39 is 5.97 Å². The molecule has 2 aromatic carbocycles. The smallest absolute Gasteiger partial charge is 0.337 e. The van der Waals surface area contributed by atoms with Crippen LogP contribution < -0.4 is 10.6 Å². The van der Waals surface area contributed by atoms with Gasteiger partial charge in [-0.2, -0.15) is 0 Å². The number of benzene rings is 2. The van der Waals surface area contributed by atoms with Gasteiger partial charge in [-0.1, -0.05) is 38.1 Å². The molecule has 0 atom stereocenters. The number of ether oxygens (including phenoxy) is 1. The van der Waals surface area contributed by atoms with Crippen LogP contribution in [0.3, 0.4) is 0 Å². The number of rotatable bonds is 6. The Morgan fingerprint density at radius 1 is 0.966 bits per heavy atom. The third-order valence-electron chi connectivity index (χ3n) is 4.40. The van der Waals surface area contributed by atoms with Crippen molar-refractivity contribution in [2.75, 3.05) is 17.7 Å². The number of nitrogens with one attached hydrogen (secondary N) is 2. The molecule has 0 saturated carbocycles. The van der Waals surface area contributed by atoms with Crippen molar-refractivity contribution in [3.05, 3.63) is 83.7 Å². The molecule has 6 nitrogen and oxygen atoms in total. The van der Waals surface area contributed by atoms with Crippen LogP contribution in [0.4, 0.5) is 17.1 Å². The number of carbonyl (C=O) groups is 2. The summed E-state index contributed by atoms with van der Waals surface area (Å²) in [6, 6.07) is 18.1. The van der Waals surface area contributed by atoms with E-state index in [0.717, 1.165) is 11.4 Å². The van der Waals surface area contributed by atoms with E-state index in [-0.39, 0.29) is 11.6 Å². The zero-order chi connectivity index (χ0) is 20.8. The first kappa shape index (κ1) is 20.1. The van der Waals surface area contributed by atoms with Crippen molar-refractivity contribution in [2.24, 2.45) is 0 Å². The number of anilines is 3. The van der Waals surface area contributed by atoms with Crippen LogP contribution in [0.5, 0.6) is 0 Å². The van der Waals surface area contributed by atoms with Crippen LogP contribution in [-0.2, 0) is 4.74 Å². The number of hydrogen-bond acceptors (Lipinski definition) is 5. The molecule has 0 radical (unpaired) electrons. The minimum atomic E-state index is -0.464. The van der Waals surface area contributed by atoms with Crippen LogP contribution in [-0.4, -0.2) is 24.0 Å². The Labute approximate surface area is 169 Å². The molecule has 3 aromatic rings. The number of nitrogens with zero attached hydrogens (tertiary/aromatic N) is 1. The van der Waals surface area contributed by atoms with E-state index in [1.54, 1.807) is 36.5 Å². The number of para-hydroxylation sites is 1. The summed E-state index contributed by atoms with van der Waals surface area (Å²) in [6.45, 7) is 4.27. The molecule has 0 fully saturated rings. The standard InChI is InChI=1S/C23H23N3O3/c1-15(2)19-9-4-5-10-20(19)25-18-11-12-24-21(14-18)22(27)26-17-8-6-7-16(13-17)23(28)29-3/h4-15H,1-3H3,(H,24,25)(H,26,27). The number of aromatic nitrogens is 1. The summed E-state index contributed by atoms with van der Waals surface area (Å²) in [7, 11) is 1.31. The highest BCUT2D eigenvalue weighted by Gasteiger charge is 2.12. The molecule has 148 valence electrons. The van der Waals surface area contributed by atoms with Crippen molar-refractivity contribution < 1.29 is 14.3 Å². The van der Waals surface area contributed by atoms with Gasteiger partial charge in [0, 0.05) is 23.3 Å². The minimum Gasteiger partial charge on any atom is -0.465 e. The largest absolute Gasteiger partial charge is 0.465 e. The van der Waals surface area contributed by atoms with Gasteiger partial charge < -0.3 is 15.4 Å². The topological polar surface area (TPSA) is 80.3 Å². The normalized spacial score (nSPS) is 10.5. The quantitative estimate of drug-likeness (QED) is 0.581. The number of carbonyl (C=O) groups excluding carboxylic acids is 2. The maximum absolute atomic E-state index is 12.6. The molecule has 2 N–H and O–H groups in total. The van der Waals surface area contributed by atoms with Gasteiger partial charge in [-0.25, -0.2) is 4.79 Å². The lowest BCUT2D eigenvalue weighted by Gasteiger charge is -2.15. The Kier molecular flexibility index (Phi) is 6.24. The van der Waals surface area contributed by atoms with E-state index >= 15 is 0 Å². The lowest BCUT2D eigenvalue weighted by atomic mass is 10.0. The lowest BCUT2D eigenvalue weighted by molar-refractivity contribution is 0.0600. The second-order valence-electron chi connectivity index (χ2n) is 6.82. The lowest BCUT2D eigenvalue weighted by Crippen LogP contribution is -2.14. The average Bonchev–Trinajstić information content (AvgIpc) is 2.73. The Morgan fingerprint density at radius 2 is 1.76 bits per heavy atom. The van der Waals surface area contributed by atoms with E-state index in [0.29, 0.717) is 17.2 Å². The molecule has 1 aromatic heterocycles. The monoisotopic (exact) mass is 389 g/mol. The summed E-state index contributed by atoms with van der Waals surface area (Å²) in [5, 5.41) is 6.12. The fourth-order valence-corrected chi connectivity index (χ4v) is 2.94. The van der Waals surface area contributed by atoms with Gasteiger partial charge in [0.2, 0.25) is 0 Å². The SMILES string of the molecule is COC(=O)c1cccc(NC(=O)c2cc(Nc3ccccc3C(C)C)ccn2)c1. The summed E-state index contributed by atoms with van der Waals surface area (Å²) >= 11 is 0. The van der Waals surface area contributed by atoms with Gasteiger partial charge in [-0.05, 0) is 47.9 Å². The third-order valence-corrected chi connectivity index (χ3v) is 4.40. The molecule has 1 heterocycles. The predicted molar refractivity (Wildman–Crippen MR) is 114 cm³/mol. The molecule has 0 aliphatic carbocycles. The fraction of sp³-hybridized carbons (Fsp3) is 0.174. The van der Waals surface area contributed by atoms with Crippen LogP contribution in [0, 0.1) is 0 Å². The van der Waals surface area contributed by atoms with Crippen LogP contribution in [0.2, 0.25) is 0 Å². The zero-order valence-corrected chi connectivity index (χ0v) is 16.6. The number of pyridine rings is 1. The van der Waals surface area contributed by atoms with Gasteiger partial charge in [-0.3, -0.25) is 9.78 Å². The van der Waals surface area contributed by atoms with Crippen molar-refractivity contribution in [1.82, 2.24) is 4.98 Å². The summed E-state index contributed by atoms with van der Waals surface area (Å²) in [5.74, 6) is -0.465. The molecule has 6 heteroatoms. The third kappa shape index (κ3) is 4.99. The first-order valence-electron chi connectivity index (χ1n) is 9.29. The summed E-state index contributed by atoms with van der Waals surface area (Å²) in [5.41, 5.74) is 4.06. The average molecular weight is 389 g/mol. The van der Waals surface area contributed by atoms with Crippen molar-refractivity contribution in [3.8, 4) is 0 Å². The predicted octanol–water partition coefficient (Wildman–Crippen LogP) is 4.99. The Morgan fingerprint density at radius 3 is 2.52 bits per heavy atom. The van der Waals surface area contributed by atoms with Crippen LogP contribution >= 0.6 is 0 Å². The number of esters is 1. The molecule has 3 rings (SSSR count). The van der Waals surface area contributed by atoms with E-state index in [2.05, 4.69) is 35.5 Å². The van der Waals surface area contributed by atoms with Crippen LogP contribution in [0.1, 0.15) is 46.2 Å². The highest BCUT2D eigenvalue weighted by Crippen LogP contribution is 2.27. The van der Waals surface area contributed by atoms with E-state index in [1.165, 1.54) is 12.7 Å². The molecule has 0 saturated heterocycles. The second-order valence-corrected chi connectivity index (χ2v) is 6.82. The van der Waals surface area contributed by atoms with Crippen molar-refractivity contribution >= 4 is 28.9 Å². The summed E-state index contributed by atoms with van der Waals surface area (Å²) in [4.78, 5) is 28.5. The van der Waals surface area contributed by atoms with Gasteiger partial charge in [0.25, 0.3) is 5.91 Å². The Hall–Kier alpha value is -3.67. The first-order chi connectivity index (χ1) is 14.0. The van der Waals surface area contributed by atoms with E-state index in [4.69, 9.17) is 4.74 Å². The van der Waals surface area contributed by atoms with Gasteiger partial charge >= 0.3 is 5.97 Å².